The van der Waals surface area contributed by atoms with Crippen LogP contribution in [0.15, 0.2) is 60.0 Å². The average Bonchev–Trinajstić information content (AvgIpc) is 3.30. The van der Waals surface area contributed by atoms with Crippen molar-refractivity contribution in [3.05, 3.63) is 77.1 Å². The molecule has 1 N–H and O–H groups in total. The van der Waals surface area contributed by atoms with Gasteiger partial charge in [0.25, 0.3) is 11.8 Å². The predicted molar refractivity (Wildman–Crippen MR) is 94.7 cm³/mol. The molecule has 8 nitrogen and oxygen atoms in total. The molecule has 0 radical (unpaired) electrons. The van der Waals surface area contributed by atoms with Crippen molar-refractivity contribution >= 4 is 29.5 Å². The highest BCUT2D eigenvalue weighted by molar-refractivity contribution is 7.98. The zero-order valence-corrected chi connectivity index (χ0v) is 14.6. The topological polar surface area (TPSA) is 105 Å². The molecule has 3 aromatic rings. The number of aromatic amines is 1. The number of hydroxylamine groups is 2. The minimum atomic E-state index is -0.779. The zero-order chi connectivity index (χ0) is 18.8. The Balaban J connectivity index is 1.41. The molecule has 134 valence electrons. The molecule has 2 amide bonds. The van der Waals surface area contributed by atoms with Crippen LogP contribution in [0.5, 0.6) is 0 Å². The number of rotatable bonds is 5. The lowest BCUT2D eigenvalue weighted by Crippen LogP contribution is -2.32. The van der Waals surface area contributed by atoms with Crippen LogP contribution in [-0.2, 0) is 10.6 Å². The van der Waals surface area contributed by atoms with E-state index >= 15 is 0 Å². The molecule has 1 aliphatic heterocycles. The number of hydrogen-bond donors (Lipinski definition) is 1. The van der Waals surface area contributed by atoms with Gasteiger partial charge in [0.1, 0.15) is 6.33 Å². The highest BCUT2D eigenvalue weighted by Gasteiger charge is 2.38. The third-order valence-corrected chi connectivity index (χ3v) is 4.84. The van der Waals surface area contributed by atoms with Crippen LogP contribution in [-0.4, -0.2) is 38.0 Å². The van der Waals surface area contributed by atoms with Crippen LogP contribution in [0.25, 0.3) is 0 Å². The summed E-state index contributed by atoms with van der Waals surface area (Å²) in [5.74, 6) is -1.44. The Morgan fingerprint density at radius 1 is 1.04 bits per heavy atom. The van der Waals surface area contributed by atoms with Crippen molar-refractivity contribution < 1.29 is 19.2 Å². The molecule has 0 saturated carbocycles. The number of benzene rings is 2. The van der Waals surface area contributed by atoms with E-state index < -0.39 is 17.8 Å². The number of hydrogen-bond acceptors (Lipinski definition) is 7. The van der Waals surface area contributed by atoms with Gasteiger partial charge in [-0.1, -0.05) is 41.1 Å². The first kappa shape index (κ1) is 17.0. The summed E-state index contributed by atoms with van der Waals surface area (Å²) in [6.45, 7) is 0. The van der Waals surface area contributed by atoms with Gasteiger partial charge in [0, 0.05) is 5.75 Å². The highest BCUT2D eigenvalue weighted by atomic mass is 32.2. The van der Waals surface area contributed by atoms with E-state index in [1.807, 2.05) is 0 Å². The number of carbonyl (C=O) groups excluding carboxylic acids is 3. The Morgan fingerprint density at radius 2 is 1.70 bits per heavy atom. The number of aromatic nitrogens is 3. The number of imide groups is 1. The first-order valence-corrected chi connectivity index (χ1v) is 8.89. The fraction of sp³-hybridized carbons (Fsp3) is 0.0556. The van der Waals surface area contributed by atoms with Gasteiger partial charge in [0.05, 0.1) is 16.7 Å². The molecule has 0 fully saturated rings. The molecule has 4 rings (SSSR count). The fourth-order valence-corrected chi connectivity index (χ4v) is 3.27. The van der Waals surface area contributed by atoms with E-state index in [-0.39, 0.29) is 16.7 Å². The molecule has 2 aromatic carbocycles. The molecule has 2 heterocycles. The molecule has 0 aliphatic carbocycles. The van der Waals surface area contributed by atoms with Crippen molar-refractivity contribution in [3.8, 4) is 0 Å². The second kappa shape index (κ2) is 7.04. The van der Waals surface area contributed by atoms with Crippen molar-refractivity contribution in [1.29, 1.82) is 0 Å². The predicted octanol–water partition coefficient (Wildman–Crippen LogP) is 2.46. The number of nitrogens with one attached hydrogen (secondary N) is 1. The zero-order valence-electron chi connectivity index (χ0n) is 13.8. The first-order chi connectivity index (χ1) is 13.1. The Morgan fingerprint density at radius 3 is 2.30 bits per heavy atom. The maximum Gasteiger partial charge on any atom is 0.363 e. The lowest BCUT2D eigenvalue weighted by atomic mass is 10.1. The summed E-state index contributed by atoms with van der Waals surface area (Å²) in [6, 6.07) is 13.0. The number of thioether (sulfide) groups is 1. The van der Waals surface area contributed by atoms with Crippen molar-refractivity contribution in [2.24, 2.45) is 0 Å². The van der Waals surface area contributed by atoms with Gasteiger partial charge in [-0.3, -0.25) is 14.7 Å². The van der Waals surface area contributed by atoms with Gasteiger partial charge in [0.15, 0.2) is 5.16 Å². The minimum absolute atomic E-state index is 0.218. The Bertz CT molecular complexity index is 983. The van der Waals surface area contributed by atoms with Crippen LogP contribution >= 0.6 is 11.8 Å². The second-order valence-electron chi connectivity index (χ2n) is 5.61. The number of fused-ring (bicyclic) bond motifs is 1. The highest BCUT2D eigenvalue weighted by Crippen LogP contribution is 2.24. The molecule has 0 unspecified atom stereocenters. The maximum atomic E-state index is 12.3. The van der Waals surface area contributed by atoms with E-state index in [1.54, 1.807) is 36.4 Å². The summed E-state index contributed by atoms with van der Waals surface area (Å²) in [5, 5.41) is 7.72. The molecule has 1 aromatic heterocycles. The number of amides is 2. The van der Waals surface area contributed by atoms with Gasteiger partial charge >= 0.3 is 5.97 Å². The van der Waals surface area contributed by atoms with Crippen LogP contribution in [0.3, 0.4) is 0 Å². The van der Waals surface area contributed by atoms with E-state index in [9.17, 15) is 14.4 Å². The van der Waals surface area contributed by atoms with Gasteiger partial charge in [-0.25, -0.2) is 9.78 Å². The molecule has 0 bridgehead atoms. The van der Waals surface area contributed by atoms with Crippen LogP contribution in [0.2, 0.25) is 0 Å². The van der Waals surface area contributed by atoms with Crippen molar-refractivity contribution in [2.45, 2.75) is 10.9 Å². The van der Waals surface area contributed by atoms with E-state index in [4.69, 9.17) is 4.84 Å². The normalized spacial score (nSPS) is 13.0. The summed E-state index contributed by atoms with van der Waals surface area (Å²) in [6.07, 6.45) is 1.43. The van der Waals surface area contributed by atoms with Crippen LogP contribution < -0.4 is 0 Å². The van der Waals surface area contributed by atoms with Crippen LogP contribution in [0.4, 0.5) is 0 Å². The number of nitrogens with zero attached hydrogens (tertiary/aromatic N) is 3. The third kappa shape index (κ3) is 3.32. The van der Waals surface area contributed by atoms with E-state index in [0.717, 1.165) is 5.56 Å². The Hall–Kier alpha value is -3.46. The standard InChI is InChI=1S/C18H12N4O4S/c23-15-13-3-1-2-4-14(13)16(24)22(15)26-17(25)12-7-5-11(6-8-12)9-27-18-19-10-20-21-18/h1-8,10H,9H2,(H,19,20,21). The quantitative estimate of drug-likeness (QED) is 0.535. The van der Waals surface area contributed by atoms with Crippen LogP contribution in [0.1, 0.15) is 36.6 Å². The van der Waals surface area contributed by atoms with Gasteiger partial charge in [-0.15, -0.1) is 0 Å². The minimum Gasteiger partial charge on any atom is -0.324 e. The third-order valence-electron chi connectivity index (χ3n) is 3.89. The summed E-state index contributed by atoms with van der Waals surface area (Å²) < 4.78 is 0. The molecule has 0 saturated heterocycles. The van der Waals surface area contributed by atoms with Crippen molar-refractivity contribution in [3.63, 3.8) is 0 Å². The second-order valence-corrected chi connectivity index (χ2v) is 6.57. The van der Waals surface area contributed by atoms with Gasteiger partial charge in [-0.05, 0) is 29.8 Å². The lowest BCUT2D eigenvalue weighted by Gasteiger charge is -2.12. The number of carbonyl (C=O) groups is 3. The van der Waals surface area contributed by atoms with Gasteiger partial charge in [-0.2, -0.15) is 5.10 Å². The lowest BCUT2D eigenvalue weighted by molar-refractivity contribution is -0.0584. The molecule has 9 heteroatoms. The fourth-order valence-electron chi connectivity index (χ4n) is 2.54. The molecule has 27 heavy (non-hydrogen) atoms. The molecule has 0 atom stereocenters. The smallest absolute Gasteiger partial charge is 0.324 e. The molecule has 1 aliphatic rings. The molecule has 0 spiro atoms. The molecular weight excluding hydrogens is 368 g/mol. The van der Waals surface area contributed by atoms with Gasteiger partial charge in [0.2, 0.25) is 0 Å². The summed E-state index contributed by atoms with van der Waals surface area (Å²) >= 11 is 1.47. The first-order valence-electron chi connectivity index (χ1n) is 7.90. The summed E-state index contributed by atoms with van der Waals surface area (Å²) in [7, 11) is 0. The van der Waals surface area contributed by atoms with E-state index in [2.05, 4.69) is 15.2 Å². The number of H-pyrrole nitrogens is 1. The van der Waals surface area contributed by atoms with Crippen molar-refractivity contribution in [1.82, 2.24) is 20.2 Å². The van der Waals surface area contributed by atoms with E-state index in [1.165, 1.54) is 30.2 Å². The SMILES string of the molecule is O=C(ON1C(=O)c2ccccc2C1=O)c1ccc(CSc2ncn[nH]2)cc1. The van der Waals surface area contributed by atoms with Crippen molar-refractivity contribution in [2.75, 3.05) is 0 Å². The van der Waals surface area contributed by atoms with Crippen LogP contribution in [0, 0.1) is 0 Å². The summed E-state index contributed by atoms with van der Waals surface area (Å²) in [4.78, 5) is 45.8. The maximum absolute atomic E-state index is 12.3. The van der Waals surface area contributed by atoms with E-state index in [0.29, 0.717) is 16.0 Å². The monoisotopic (exact) mass is 380 g/mol. The average molecular weight is 380 g/mol. The Kier molecular flexibility index (Phi) is 4.43. The summed E-state index contributed by atoms with van der Waals surface area (Å²) in [5.41, 5.74) is 1.64. The Labute approximate surface area is 157 Å². The van der Waals surface area contributed by atoms with Gasteiger partial charge < -0.3 is 4.84 Å². The largest absolute Gasteiger partial charge is 0.363 e. The molecular formula is C18H12N4O4S.